The Morgan fingerprint density at radius 3 is 2.55 bits per heavy atom. The molecule has 3 heterocycles. The van der Waals surface area contributed by atoms with Gasteiger partial charge in [0.05, 0.1) is 6.20 Å². The summed E-state index contributed by atoms with van der Waals surface area (Å²) < 4.78 is 6.04. The minimum atomic E-state index is 0.236. The second-order valence-electron chi connectivity index (χ2n) is 6.30. The molecule has 4 heteroatoms. The minimum Gasteiger partial charge on any atom is -0.489 e. The van der Waals surface area contributed by atoms with E-state index in [0.29, 0.717) is 23.9 Å². The van der Waals surface area contributed by atoms with Crippen LogP contribution in [-0.2, 0) is 4.79 Å². The maximum atomic E-state index is 12.4. The highest BCUT2D eigenvalue weighted by molar-refractivity contribution is 5.82. The Balaban J connectivity index is 1.43. The molecule has 1 aliphatic carbocycles. The van der Waals surface area contributed by atoms with Crippen LogP contribution in [0.5, 0.6) is 5.75 Å². The molecule has 4 rings (SSSR count). The average Bonchev–Trinajstić information content (AvgIpc) is 3.26. The van der Waals surface area contributed by atoms with Crippen molar-refractivity contribution in [1.82, 2.24) is 9.88 Å². The van der Waals surface area contributed by atoms with Gasteiger partial charge in [-0.3, -0.25) is 9.78 Å². The Morgan fingerprint density at radius 2 is 1.95 bits per heavy atom. The van der Waals surface area contributed by atoms with Gasteiger partial charge in [0.2, 0.25) is 5.91 Å². The zero-order valence-corrected chi connectivity index (χ0v) is 11.6. The number of carbonyl (C=O) groups excluding carboxylic acids is 1. The maximum absolute atomic E-state index is 12.4. The molecule has 1 amide bonds. The SMILES string of the molecule is O=C(C1CC1)N1C2CCC1CC(Oc1cccnc1)C2. The van der Waals surface area contributed by atoms with E-state index in [2.05, 4.69) is 9.88 Å². The Morgan fingerprint density at radius 1 is 1.20 bits per heavy atom. The van der Waals surface area contributed by atoms with Gasteiger partial charge in [-0.1, -0.05) is 0 Å². The van der Waals surface area contributed by atoms with Crippen LogP contribution in [0.25, 0.3) is 0 Å². The summed E-state index contributed by atoms with van der Waals surface area (Å²) in [6.45, 7) is 0. The van der Waals surface area contributed by atoms with Crippen LogP contribution in [0.3, 0.4) is 0 Å². The van der Waals surface area contributed by atoms with E-state index in [1.54, 1.807) is 12.4 Å². The third-order valence-electron chi connectivity index (χ3n) is 4.81. The normalized spacial score (nSPS) is 32.2. The van der Waals surface area contributed by atoms with Crippen LogP contribution in [-0.4, -0.2) is 34.0 Å². The number of carbonyl (C=O) groups is 1. The number of pyridine rings is 1. The topological polar surface area (TPSA) is 42.4 Å². The molecule has 0 N–H and O–H groups in total. The van der Waals surface area contributed by atoms with Crippen molar-refractivity contribution in [1.29, 1.82) is 0 Å². The van der Waals surface area contributed by atoms with Gasteiger partial charge in [-0.05, 0) is 37.8 Å². The molecule has 2 unspecified atom stereocenters. The van der Waals surface area contributed by atoms with Gasteiger partial charge in [0.1, 0.15) is 11.9 Å². The fourth-order valence-electron chi connectivity index (χ4n) is 3.73. The molecule has 1 saturated carbocycles. The van der Waals surface area contributed by atoms with Gasteiger partial charge in [-0.2, -0.15) is 0 Å². The molecule has 1 aromatic rings. The molecular weight excluding hydrogens is 252 g/mol. The molecule has 3 fully saturated rings. The quantitative estimate of drug-likeness (QED) is 0.848. The van der Waals surface area contributed by atoms with Crippen LogP contribution >= 0.6 is 0 Å². The third kappa shape index (κ3) is 2.17. The second-order valence-corrected chi connectivity index (χ2v) is 6.30. The molecule has 3 aliphatic rings. The van der Waals surface area contributed by atoms with E-state index in [9.17, 15) is 4.79 Å². The molecule has 2 saturated heterocycles. The molecular formula is C16H20N2O2. The number of hydrogen-bond donors (Lipinski definition) is 0. The van der Waals surface area contributed by atoms with Gasteiger partial charge in [0, 0.05) is 37.0 Å². The highest BCUT2D eigenvalue weighted by atomic mass is 16.5. The number of rotatable bonds is 3. The lowest BCUT2D eigenvalue weighted by Gasteiger charge is -2.39. The minimum absolute atomic E-state index is 0.236. The number of amides is 1. The third-order valence-corrected chi connectivity index (χ3v) is 4.81. The largest absolute Gasteiger partial charge is 0.489 e. The summed E-state index contributed by atoms with van der Waals surface area (Å²) in [5, 5.41) is 0. The van der Waals surface area contributed by atoms with Crippen molar-refractivity contribution in [3.05, 3.63) is 24.5 Å². The first-order valence-corrected chi connectivity index (χ1v) is 7.70. The molecule has 2 atom stereocenters. The van der Waals surface area contributed by atoms with Crippen LogP contribution in [0.1, 0.15) is 38.5 Å². The highest BCUT2D eigenvalue weighted by Crippen LogP contribution is 2.41. The first-order valence-electron chi connectivity index (χ1n) is 7.70. The zero-order valence-electron chi connectivity index (χ0n) is 11.6. The summed E-state index contributed by atoms with van der Waals surface area (Å²) in [5.41, 5.74) is 0. The van der Waals surface area contributed by atoms with Gasteiger partial charge < -0.3 is 9.64 Å². The van der Waals surface area contributed by atoms with Gasteiger partial charge in [-0.15, -0.1) is 0 Å². The van der Waals surface area contributed by atoms with Crippen molar-refractivity contribution in [3.63, 3.8) is 0 Å². The second kappa shape index (κ2) is 4.76. The summed E-state index contributed by atoms with van der Waals surface area (Å²) in [6.07, 6.45) is 10.2. The molecule has 0 aromatic carbocycles. The van der Waals surface area contributed by atoms with E-state index >= 15 is 0 Å². The average molecular weight is 272 g/mol. The van der Waals surface area contributed by atoms with Crippen molar-refractivity contribution in [2.24, 2.45) is 5.92 Å². The summed E-state index contributed by atoms with van der Waals surface area (Å²) >= 11 is 0. The molecule has 20 heavy (non-hydrogen) atoms. The van der Waals surface area contributed by atoms with Gasteiger partial charge in [-0.25, -0.2) is 0 Å². The smallest absolute Gasteiger partial charge is 0.226 e. The van der Waals surface area contributed by atoms with Crippen molar-refractivity contribution in [2.45, 2.75) is 56.7 Å². The fraction of sp³-hybridized carbons (Fsp3) is 0.625. The lowest BCUT2D eigenvalue weighted by Crippen LogP contribution is -2.49. The Hall–Kier alpha value is -1.58. The van der Waals surface area contributed by atoms with E-state index in [1.807, 2.05) is 12.1 Å². The van der Waals surface area contributed by atoms with Crippen molar-refractivity contribution in [2.75, 3.05) is 0 Å². The molecule has 1 aromatic heterocycles. The molecule has 106 valence electrons. The molecule has 0 radical (unpaired) electrons. The summed E-state index contributed by atoms with van der Waals surface area (Å²) in [5.74, 6) is 1.60. The lowest BCUT2D eigenvalue weighted by atomic mass is 9.99. The van der Waals surface area contributed by atoms with Crippen LogP contribution in [0, 0.1) is 5.92 Å². The predicted octanol–water partition coefficient (Wildman–Crippen LogP) is 2.39. The van der Waals surface area contributed by atoms with Crippen LogP contribution in [0.2, 0.25) is 0 Å². The zero-order chi connectivity index (χ0) is 13.5. The van der Waals surface area contributed by atoms with Crippen molar-refractivity contribution < 1.29 is 9.53 Å². The van der Waals surface area contributed by atoms with Gasteiger partial charge >= 0.3 is 0 Å². The highest BCUT2D eigenvalue weighted by Gasteiger charge is 2.47. The Bertz CT molecular complexity index is 486. The Kier molecular flexibility index (Phi) is 2.90. The summed E-state index contributed by atoms with van der Waals surface area (Å²) in [7, 11) is 0. The van der Waals surface area contributed by atoms with Gasteiger partial charge in [0.25, 0.3) is 0 Å². The van der Waals surface area contributed by atoms with Crippen LogP contribution < -0.4 is 4.74 Å². The fourth-order valence-corrected chi connectivity index (χ4v) is 3.73. The van der Waals surface area contributed by atoms with E-state index in [1.165, 1.54) is 0 Å². The van der Waals surface area contributed by atoms with E-state index < -0.39 is 0 Å². The van der Waals surface area contributed by atoms with Gasteiger partial charge in [0.15, 0.2) is 0 Å². The number of fused-ring (bicyclic) bond motifs is 2. The standard InChI is InChI=1S/C16H20N2O2/c19-16(11-3-4-11)18-12-5-6-13(18)9-15(8-12)20-14-2-1-7-17-10-14/h1-2,7,10-13,15H,3-6,8-9H2. The predicted molar refractivity (Wildman–Crippen MR) is 74.3 cm³/mol. The molecule has 2 aliphatic heterocycles. The first kappa shape index (κ1) is 12.2. The van der Waals surface area contributed by atoms with Crippen molar-refractivity contribution >= 4 is 5.91 Å². The van der Waals surface area contributed by atoms with E-state index in [0.717, 1.165) is 44.3 Å². The number of piperidine rings is 1. The number of aromatic nitrogens is 1. The number of ether oxygens (including phenoxy) is 1. The van der Waals surface area contributed by atoms with Crippen molar-refractivity contribution in [3.8, 4) is 5.75 Å². The van der Waals surface area contributed by atoms with Crippen LogP contribution in [0.15, 0.2) is 24.5 Å². The first-order chi connectivity index (χ1) is 9.81. The number of hydrogen-bond acceptors (Lipinski definition) is 3. The lowest BCUT2D eigenvalue weighted by molar-refractivity contribution is -0.138. The maximum Gasteiger partial charge on any atom is 0.226 e. The molecule has 4 nitrogen and oxygen atoms in total. The van der Waals surface area contributed by atoms with E-state index in [-0.39, 0.29) is 6.10 Å². The summed E-state index contributed by atoms with van der Waals surface area (Å²) in [4.78, 5) is 18.6. The van der Waals surface area contributed by atoms with E-state index in [4.69, 9.17) is 4.74 Å². The Labute approximate surface area is 119 Å². The number of nitrogens with zero attached hydrogens (tertiary/aromatic N) is 2. The summed E-state index contributed by atoms with van der Waals surface area (Å²) in [6, 6.07) is 4.67. The molecule has 0 spiro atoms. The molecule has 2 bridgehead atoms. The monoisotopic (exact) mass is 272 g/mol. The van der Waals surface area contributed by atoms with Crippen LogP contribution in [0.4, 0.5) is 0 Å².